The second-order valence-corrected chi connectivity index (χ2v) is 3.74. The highest BCUT2D eigenvalue weighted by atomic mass is 16.7. The van der Waals surface area contributed by atoms with Crippen molar-refractivity contribution in [3.63, 3.8) is 0 Å². The van der Waals surface area contributed by atoms with Crippen LogP contribution in [0.4, 0.5) is 0 Å². The van der Waals surface area contributed by atoms with E-state index in [-0.39, 0.29) is 11.8 Å². The Kier molecular flexibility index (Phi) is 5.95. The third-order valence-electron chi connectivity index (χ3n) is 2.17. The van der Waals surface area contributed by atoms with Crippen molar-refractivity contribution >= 4 is 0 Å². The molecule has 0 rings (SSSR count). The minimum atomic E-state index is -0.386. The van der Waals surface area contributed by atoms with Crippen molar-refractivity contribution in [2.24, 2.45) is 5.73 Å². The molecule has 0 heterocycles. The van der Waals surface area contributed by atoms with Crippen LogP contribution >= 0.6 is 0 Å². The molecule has 14 heavy (non-hydrogen) atoms. The monoisotopic (exact) mass is 202 g/mol. The van der Waals surface area contributed by atoms with Gasteiger partial charge >= 0.3 is 0 Å². The zero-order valence-electron chi connectivity index (χ0n) is 9.59. The fourth-order valence-corrected chi connectivity index (χ4v) is 1.22. The first-order valence-electron chi connectivity index (χ1n) is 4.65. The number of hydrogen-bond donors (Lipinski definition) is 2. The van der Waals surface area contributed by atoms with Crippen LogP contribution in [0.3, 0.4) is 0 Å². The predicted octanol–water partition coefficient (Wildman–Crippen LogP) is 0.488. The molecule has 84 valence electrons. The van der Waals surface area contributed by atoms with Crippen molar-refractivity contribution in [1.82, 2.24) is 5.32 Å². The number of methoxy groups -OCH3 is 2. The van der Waals surface area contributed by atoms with Crippen LogP contribution in [-0.4, -0.2) is 39.1 Å². The average Bonchev–Trinajstić information content (AvgIpc) is 2.16. The lowest BCUT2D eigenvalue weighted by atomic mass is 10.0. The SMILES string of the molecule is C=C(C)CNC(C)(CN)C(OC)OC. The van der Waals surface area contributed by atoms with Crippen LogP contribution < -0.4 is 11.1 Å². The molecular formula is C10H22N2O2. The minimum Gasteiger partial charge on any atom is -0.354 e. The lowest BCUT2D eigenvalue weighted by Gasteiger charge is -2.35. The summed E-state index contributed by atoms with van der Waals surface area (Å²) in [7, 11) is 3.20. The maximum absolute atomic E-state index is 5.69. The summed E-state index contributed by atoms with van der Waals surface area (Å²) in [5.74, 6) is 0. The topological polar surface area (TPSA) is 56.5 Å². The molecule has 0 aliphatic heterocycles. The van der Waals surface area contributed by atoms with Crippen LogP contribution in [-0.2, 0) is 9.47 Å². The molecule has 1 atom stereocenters. The van der Waals surface area contributed by atoms with E-state index in [1.54, 1.807) is 14.2 Å². The fraction of sp³-hybridized carbons (Fsp3) is 0.800. The highest BCUT2D eigenvalue weighted by molar-refractivity contribution is 4.97. The van der Waals surface area contributed by atoms with Crippen LogP contribution in [0.1, 0.15) is 13.8 Å². The van der Waals surface area contributed by atoms with Gasteiger partial charge in [0.25, 0.3) is 0 Å². The Morgan fingerprint density at radius 3 is 2.29 bits per heavy atom. The third-order valence-corrected chi connectivity index (χ3v) is 2.17. The van der Waals surface area contributed by atoms with Crippen molar-refractivity contribution in [3.8, 4) is 0 Å². The Morgan fingerprint density at radius 2 is 2.00 bits per heavy atom. The van der Waals surface area contributed by atoms with Gasteiger partial charge in [-0.05, 0) is 13.8 Å². The number of nitrogens with one attached hydrogen (secondary N) is 1. The fourth-order valence-electron chi connectivity index (χ4n) is 1.22. The summed E-state index contributed by atoms with van der Waals surface area (Å²) in [6.45, 7) is 8.88. The minimum absolute atomic E-state index is 0.355. The van der Waals surface area contributed by atoms with Crippen molar-refractivity contribution in [2.75, 3.05) is 27.3 Å². The summed E-state index contributed by atoms with van der Waals surface area (Å²) in [6, 6.07) is 0. The van der Waals surface area contributed by atoms with Crippen molar-refractivity contribution in [1.29, 1.82) is 0 Å². The Hall–Kier alpha value is -0.420. The molecule has 0 amide bonds. The van der Waals surface area contributed by atoms with E-state index in [9.17, 15) is 0 Å². The van der Waals surface area contributed by atoms with Gasteiger partial charge in [-0.15, -0.1) is 0 Å². The van der Waals surface area contributed by atoms with E-state index in [2.05, 4.69) is 11.9 Å². The second kappa shape index (κ2) is 6.14. The van der Waals surface area contributed by atoms with Gasteiger partial charge in [0, 0.05) is 27.3 Å². The van der Waals surface area contributed by atoms with Gasteiger partial charge in [0.15, 0.2) is 6.29 Å². The number of rotatable bonds is 7. The Morgan fingerprint density at radius 1 is 1.50 bits per heavy atom. The third kappa shape index (κ3) is 3.75. The maximum Gasteiger partial charge on any atom is 0.175 e. The van der Waals surface area contributed by atoms with E-state index in [0.29, 0.717) is 13.1 Å². The molecule has 0 bridgehead atoms. The number of ether oxygens (including phenoxy) is 2. The average molecular weight is 202 g/mol. The molecule has 0 aromatic heterocycles. The molecule has 0 saturated heterocycles. The van der Waals surface area contributed by atoms with Gasteiger partial charge in [-0.1, -0.05) is 12.2 Å². The molecule has 0 fully saturated rings. The van der Waals surface area contributed by atoms with Gasteiger partial charge in [-0.25, -0.2) is 0 Å². The normalized spacial score (nSPS) is 15.6. The van der Waals surface area contributed by atoms with Gasteiger partial charge in [0.1, 0.15) is 0 Å². The second-order valence-electron chi connectivity index (χ2n) is 3.74. The van der Waals surface area contributed by atoms with Gasteiger partial charge in [0.05, 0.1) is 5.54 Å². The first-order valence-corrected chi connectivity index (χ1v) is 4.65. The van der Waals surface area contributed by atoms with Crippen molar-refractivity contribution in [2.45, 2.75) is 25.7 Å². The molecule has 0 saturated carbocycles. The summed E-state index contributed by atoms with van der Waals surface area (Å²) < 4.78 is 10.4. The van der Waals surface area contributed by atoms with Gasteiger partial charge in [0.2, 0.25) is 0 Å². The van der Waals surface area contributed by atoms with Gasteiger partial charge in [-0.3, -0.25) is 0 Å². The molecule has 0 aromatic rings. The van der Waals surface area contributed by atoms with E-state index in [0.717, 1.165) is 5.57 Å². The first kappa shape index (κ1) is 13.6. The zero-order chi connectivity index (χ0) is 11.2. The van der Waals surface area contributed by atoms with Crippen LogP contribution in [0.5, 0.6) is 0 Å². The number of hydrogen-bond acceptors (Lipinski definition) is 4. The highest BCUT2D eigenvalue weighted by Gasteiger charge is 2.32. The predicted molar refractivity (Wildman–Crippen MR) is 58.1 cm³/mol. The van der Waals surface area contributed by atoms with Crippen molar-refractivity contribution in [3.05, 3.63) is 12.2 Å². The molecule has 0 aromatic carbocycles. The van der Waals surface area contributed by atoms with E-state index < -0.39 is 0 Å². The molecule has 0 spiro atoms. The largest absolute Gasteiger partial charge is 0.354 e. The molecule has 4 heteroatoms. The van der Waals surface area contributed by atoms with Crippen LogP contribution in [0.15, 0.2) is 12.2 Å². The first-order chi connectivity index (χ1) is 6.50. The van der Waals surface area contributed by atoms with Crippen LogP contribution in [0.25, 0.3) is 0 Å². The van der Waals surface area contributed by atoms with E-state index in [1.807, 2.05) is 13.8 Å². The lowest BCUT2D eigenvalue weighted by molar-refractivity contribution is -0.148. The maximum atomic E-state index is 5.69. The summed E-state index contributed by atoms with van der Waals surface area (Å²) in [4.78, 5) is 0. The quantitative estimate of drug-likeness (QED) is 0.466. The van der Waals surface area contributed by atoms with Crippen LogP contribution in [0.2, 0.25) is 0 Å². The standard InChI is InChI=1S/C10H22N2O2/c1-8(2)6-12-10(3,7-11)9(13-4)14-5/h9,12H,1,6-7,11H2,2-5H3. The van der Waals surface area contributed by atoms with Gasteiger partial charge < -0.3 is 20.5 Å². The molecule has 4 nitrogen and oxygen atoms in total. The summed E-state index contributed by atoms with van der Waals surface area (Å²) in [5, 5.41) is 3.27. The Labute approximate surface area is 86.5 Å². The molecular weight excluding hydrogens is 180 g/mol. The summed E-state index contributed by atoms with van der Waals surface area (Å²) in [5.41, 5.74) is 6.36. The zero-order valence-corrected chi connectivity index (χ0v) is 9.59. The molecule has 0 radical (unpaired) electrons. The Bertz CT molecular complexity index is 181. The summed E-state index contributed by atoms with van der Waals surface area (Å²) >= 11 is 0. The molecule has 0 aliphatic rings. The van der Waals surface area contributed by atoms with E-state index in [4.69, 9.17) is 15.2 Å². The van der Waals surface area contributed by atoms with E-state index in [1.165, 1.54) is 0 Å². The highest BCUT2D eigenvalue weighted by Crippen LogP contribution is 2.12. The Balaban J connectivity index is 4.35. The van der Waals surface area contributed by atoms with Gasteiger partial charge in [-0.2, -0.15) is 0 Å². The number of nitrogens with two attached hydrogens (primary N) is 1. The summed E-state index contributed by atoms with van der Waals surface area (Å²) in [6.07, 6.45) is -0.355. The smallest absolute Gasteiger partial charge is 0.175 e. The molecule has 0 aliphatic carbocycles. The molecule has 3 N–H and O–H groups in total. The van der Waals surface area contributed by atoms with E-state index >= 15 is 0 Å². The van der Waals surface area contributed by atoms with Crippen molar-refractivity contribution < 1.29 is 9.47 Å². The van der Waals surface area contributed by atoms with Crippen LogP contribution in [0, 0.1) is 0 Å². The lowest BCUT2D eigenvalue weighted by Crippen LogP contribution is -2.58. The molecule has 1 unspecified atom stereocenters.